The lowest BCUT2D eigenvalue weighted by molar-refractivity contribution is -0.321. The van der Waals surface area contributed by atoms with Gasteiger partial charge in [-0.1, -0.05) is 6.92 Å². The van der Waals surface area contributed by atoms with Crippen molar-refractivity contribution in [2.45, 2.75) is 26.7 Å². The molecule has 0 heterocycles. The van der Waals surface area contributed by atoms with Gasteiger partial charge in [0.15, 0.2) is 5.78 Å². The molecule has 0 aromatic heterocycles. The number of Topliss-reactive ketones (excluding diaryl/α,β-unsaturated/α-hetero) is 1. The fourth-order valence-electron chi connectivity index (χ4n) is 1.97. The molecule has 1 rings (SSSR count). The van der Waals surface area contributed by atoms with Crippen LogP contribution in [-0.4, -0.2) is 17.7 Å². The van der Waals surface area contributed by atoms with Crippen LogP contribution in [0.4, 0.5) is 0 Å². The van der Waals surface area contributed by atoms with Crippen LogP contribution < -0.4 is 10.2 Å². The zero-order valence-electron chi connectivity index (χ0n) is 8.61. The molecule has 1 fully saturated rings. The summed E-state index contributed by atoms with van der Waals surface area (Å²) >= 11 is 0. The number of hydrogen-bond donors (Lipinski definition) is 0. The average molecular weight is 212 g/mol. The highest BCUT2D eigenvalue weighted by atomic mass is 16.4. The van der Waals surface area contributed by atoms with Crippen LogP contribution in [-0.2, 0) is 14.4 Å². The van der Waals surface area contributed by atoms with Gasteiger partial charge in [0.2, 0.25) is 0 Å². The number of aliphatic carboxylic acids is 2. The number of hydrogen-bond acceptors (Lipinski definition) is 5. The van der Waals surface area contributed by atoms with Crippen LogP contribution in [0.3, 0.4) is 0 Å². The maximum absolute atomic E-state index is 11.7. The second-order valence-corrected chi connectivity index (χ2v) is 4.20. The van der Waals surface area contributed by atoms with E-state index in [0.717, 1.165) is 0 Å². The van der Waals surface area contributed by atoms with E-state index in [1.54, 1.807) is 6.92 Å². The quantitative estimate of drug-likeness (QED) is 0.498. The van der Waals surface area contributed by atoms with Gasteiger partial charge in [-0.3, -0.25) is 4.79 Å². The summed E-state index contributed by atoms with van der Waals surface area (Å²) in [6.45, 7) is 2.84. The molecule has 0 amide bonds. The van der Waals surface area contributed by atoms with Crippen molar-refractivity contribution >= 4 is 17.7 Å². The van der Waals surface area contributed by atoms with Crippen molar-refractivity contribution in [3.05, 3.63) is 0 Å². The first-order valence-electron chi connectivity index (χ1n) is 4.78. The molecule has 0 spiro atoms. The minimum absolute atomic E-state index is 0.144. The van der Waals surface area contributed by atoms with Gasteiger partial charge in [-0.15, -0.1) is 0 Å². The van der Waals surface area contributed by atoms with Gasteiger partial charge in [0.05, 0.1) is 23.3 Å². The average Bonchev–Trinajstić information content (AvgIpc) is 2.13. The fourth-order valence-corrected chi connectivity index (χ4v) is 1.97. The lowest BCUT2D eigenvalue weighted by atomic mass is 9.63. The van der Waals surface area contributed by atoms with Crippen LogP contribution in [0.2, 0.25) is 0 Å². The van der Waals surface area contributed by atoms with E-state index in [1.807, 2.05) is 0 Å². The van der Waals surface area contributed by atoms with Crippen molar-refractivity contribution in [2.75, 3.05) is 0 Å². The molecule has 0 aromatic carbocycles. The van der Waals surface area contributed by atoms with Crippen LogP contribution in [0.1, 0.15) is 26.7 Å². The number of rotatable bonds is 2. The smallest absolute Gasteiger partial charge is 0.153 e. The second kappa shape index (κ2) is 3.64. The Kier molecular flexibility index (Phi) is 2.83. The summed E-state index contributed by atoms with van der Waals surface area (Å²) in [5.74, 6) is -5.54. The molecular weight excluding hydrogens is 200 g/mol. The molecule has 84 valence electrons. The number of carboxylic acid groups (broad SMARTS) is 2. The summed E-state index contributed by atoms with van der Waals surface area (Å²) in [6.07, 6.45) is 0.514. The normalized spacial score (nSPS) is 36.3. The largest absolute Gasteiger partial charge is 0.549 e. The molecule has 1 saturated carbocycles. The van der Waals surface area contributed by atoms with Crippen LogP contribution in [0, 0.1) is 17.3 Å². The number of carbonyl (C=O) groups is 3. The van der Waals surface area contributed by atoms with Crippen molar-refractivity contribution in [1.82, 2.24) is 0 Å². The lowest BCUT2D eigenvalue weighted by Gasteiger charge is -2.42. The predicted molar refractivity (Wildman–Crippen MR) is 45.0 cm³/mol. The van der Waals surface area contributed by atoms with Gasteiger partial charge in [0, 0.05) is 0 Å². The molecule has 0 bridgehead atoms. The Bertz CT molecular complexity index is 322. The zero-order chi connectivity index (χ0) is 11.8. The van der Waals surface area contributed by atoms with E-state index in [9.17, 15) is 24.6 Å². The van der Waals surface area contributed by atoms with Gasteiger partial charge < -0.3 is 19.8 Å². The van der Waals surface area contributed by atoms with E-state index in [1.165, 1.54) is 6.92 Å². The fraction of sp³-hybridized carbons (Fsp3) is 0.700. The molecule has 1 aliphatic rings. The van der Waals surface area contributed by atoms with Crippen molar-refractivity contribution in [2.24, 2.45) is 17.3 Å². The third-order valence-corrected chi connectivity index (χ3v) is 3.41. The molecule has 3 unspecified atom stereocenters. The minimum Gasteiger partial charge on any atom is -0.549 e. The number of carboxylic acids is 2. The monoisotopic (exact) mass is 212 g/mol. The third kappa shape index (κ3) is 1.62. The van der Waals surface area contributed by atoms with Crippen molar-refractivity contribution < 1.29 is 24.6 Å². The van der Waals surface area contributed by atoms with Crippen molar-refractivity contribution in [3.8, 4) is 0 Å². The van der Waals surface area contributed by atoms with E-state index >= 15 is 0 Å². The predicted octanol–water partition coefficient (Wildman–Crippen LogP) is -1.89. The Balaban J connectivity index is 3.09. The lowest BCUT2D eigenvalue weighted by Crippen LogP contribution is -2.57. The first-order valence-corrected chi connectivity index (χ1v) is 4.78. The Hall–Kier alpha value is -1.39. The van der Waals surface area contributed by atoms with Gasteiger partial charge in [0.1, 0.15) is 0 Å². The summed E-state index contributed by atoms with van der Waals surface area (Å²) in [6, 6.07) is 0. The van der Waals surface area contributed by atoms with Crippen LogP contribution in [0.25, 0.3) is 0 Å². The van der Waals surface area contributed by atoms with Crippen molar-refractivity contribution in [3.63, 3.8) is 0 Å². The number of carbonyl (C=O) groups excluding carboxylic acids is 3. The second-order valence-electron chi connectivity index (χ2n) is 4.20. The summed E-state index contributed by atoms with van der Waals surface area (Å²) < 4.78 is 0. The highest BCUT2D eigenvalue weighted by molar-refractivity contribution is 6.10. The van der Waals surface area contributed by atoms with Gasteiger partial charge in [-0.25, -0.2) is 0 Å². The van der Waals surface area contributed by atoms with E-state index in [0.29, 0.717) is 6.42 Å². The van der Waals surface area contributed by atoms with Gasteiger partial charge in [-0.05, 0) is 25.7 Å². The zero-order valence-corrected chi connectivity index (χ0v) is 8.61. The Morgan fingerprint density at radius 1 is 1.33 bits per heavy atom. The SMILES string of the molecule is CC1CCC(C(=O)[O-])C(=O)C1(C)C(=O)[O-]. The van der Waals surface area contributed by atoms with Crippen LogP contribution >= 0.6 is 0 Å². The first-order chi connectivity index (χ1) is 6.81. The molecule has 0 radical (unpaired) electrons. The Morgan fingerprint density at radius 3 is 2.27 bits per heavy atom. The molecule has 15 heavy (non-hydrogen) atoms. The van der Waals surface area contributed by atoms with E-state index in [2.05, 4.69) is 0 Å². The van der Waals surface area contributed by atoms with Crippen molar-refractivity contribution in [1.29, 1.82) is 0 Å². The Morgan fingerprint density at radius 2 is 1.87 bits per heavy atom. The first kappa shape index (κ1) is 11.7. The molecule has 0 aliphatic heterocycles. The molecule has 5 heteroatoms. The van der Waals surface area contributed by atoms with Gasteiger partial charge in [-0.2, -0.15) is 0 Å². The number of ketones is 1. The third-order valence-electron chi connectivity index (χ3n) is 3.41. The Labute approximate surface area is 87.1 Å². The molecule has 0 aromatic rings. The molecule has 0 N–H and O–H groups in total. The summed E-state index contributed by atoms with van der Waals surface area (Å²) in [5.41, 5.74) is -1.71. The standard InChI is InChI=1S/C10H14O5/c1-5-3-4-6(8(12)13)7(11)10(5,2)9(14)15/h5-6H,3-4H2,1-2H3,(H,12,13)(H,14,15)/p-2. The molecule has 1 aliphatic carbocycles. The van der Waals surface area contributed by atoms with E-state index in [-0.39, 0.29) is 6.42 Å². The summed E-state index contributed by atoms with van der Waals surface area (Å²) in [4.78, 5) is 33.3. The topological polar surface area (TPSA) is 97.3 Å². The maximum Gasteiger partial charge on any atom is 0.153 e. The molecule has 3 atom stereocenters. The molecular formula is C10H12O5-2. The van der Waals surface area contributed by atoms with Crippen LogP contribution in [0.15, 0.2) is 0 Å². The molecule has 0 saturated heterocycles. The summed E-state index contributed by atoms with van der Waals surface area (Å²) in [5, 5.41) is 21.6. The van der Waals surface area contributed by atoms with E-state index in [4.69, 9.17) is 0 Å². The highest BCUT2D eigenvalue weighted by Gasteiger charge is 2.47. The minimum atomic E-state index is -1.71. The van der Waals surface area contributed by atoms with E-state index < -0.39 is 35.0 Å². The van der Waals surface area contributed by atoms with Gasteiger partial charge in [0.25, 0.3) is 0 Å². The molecule has 5 nitrogen and oxygen atoms in total. The van der Waals surface area contributed by atoms with Gasteiger partial charge >= 0.3 is 0 Å². The maximum atomic E-state index is 11.7. The summed E-state index contributed by atoms with van der Waals surface area (Å²) in [7, 11) is 0. The highest BCUT2D eigenvalue weighted by Crippen LogP contribution is 2.40. The van der Waals surface area contributed by atoms with Crippen LogP contribution in [0.5, 0.6) is 0 Å².